The minimum atomic E-state index is 0.324. The van der Waals surface area contributed by atoms with Crippen molar-refractivity contribution in [1.82, 2.24) is 15.5 Å². The maximum absolute atomic E-state index is 5.45. The summed E-state index contributed by atoms with van der Waals surface area (Å²) in [5, 5.41) is 8.95. The minimum Gasteiger partial charge on any atom is -0.496 e. The summed E-state index contributed by atoms with van der Waals surface area (Å²) in [6, 6.07) is 10.9. The molecule has 142 valence electrons. The zero-order valence-corrected chi connectivity index (χ0v) is 17.2. The fourth-order valence-corrected chi connectivity index (χ4v) is 3.77. The monoisotopic (exact) mass is 374 g/mol. The molecule has 6 heteroatoms. The van der Waals surface area contributed by atoms with Crippen molar-refractivity contribution in [1.29, 1.82) is 0 Å². The van der Waals surface area contributed by atoms with Gasteiger partial charge in [0.25, 0.3) is 0 Å². The van der Waals surface area contributed by atoms with E-state index in [0.29, 0.717) is 6.04 Å². The van der Waals surface area contributed by atoms with Crippen LogP contribution in [0.3, 0.4) is 0 Å². The van der Waals surface area contributed by atoms with Gasteiger partial charge < -0.3 is 20.3 Å². The van der Waals surface area contributed by atoms with Gasteiger partial charge in [-0.15, -0.1) is 11.3 Å². The molecule has 26 heavy (non-hydrogen) atoms. The van der Waals surface area contributed by atoms with Crippen LogP contribution < -0.4 is 15.4 Å². The first kappa shape index (κ1) is 20.3. The quantitative estimate of drug-likeness (QED) is 0.551. The van der Waals surface area contributed by atoms with Crippen LogP contribution in [-0.2, 0) is 6.42 Å². The standard InChI is InChI=1S/C20H30N4OS/c1-15-8-9-18(25-5)16(13-15)10-11-22-20(21-2)23-14-17(24(3)4)19-7-6-12-26-19/h6-9,12-13,17H,10-11,14H2,1-5H3,(H2,21,22,23). The summed E-state index contributed by atoms with van der Waals surface area (Å²) in [6.45, 7) is 3.70. The molecule has 0 fully saturated rings. The molecule has 0 amide bonds. The molecular formula is C20H30N4OS. The lowest BCUT2D eigenvalue weighted by atomic mass is 10.1. The maximum Gasteiger partial charge on any atom is 0.191 e. The number of benzene rings is 1. The lowest BCUT2D eigenvalue weighted by Crippen LogP contribution is -2.42. The Morgan fingerprint density at radius 2 is 2.08 bits per heavy atom. The Kier molecular flexibility index (Phi) is 7.94. The number of guanidine groups is 1. The molecular weight excluding hydrogens is 344 g/mol. The van der Waals surface area contributed by atoms with Gasteiger partial charge in [-0.1, -0.05) is 23.8 Å². The number of hydrogen-bond acceptors (Lipinski definition) is 4. The average Bonchev–Trinajstić information content (AvgIpc) is 3.14. The molecule has 1 aromatic carbocycles. The van der Waals surface area contributed by atoms with Crippen molar-refractivity contribution >= 4 is 17.3 Å². The van der Waals surface area contributed by atoms with Gasteiger partial charge >= 0.3 is 0 Å². The predicted octanol–water partition coefficient (Wildman–Crippen LogP) is 3.08. The Morgan fingerprint density at radius 3 is 2.69 bits per heavy atom. The summed E-state index contributed by atoms with van der Waals surface area (Å²) in [7, 11) is 7.73. The maximum atomic E-state index is 5.45. The Morgan fingerprint density at radius 1 is 1.27 bits per heavy atom. The second-order valence-electron chi connectivity index (χ2n) is 6.44. The van der Waals surface area contributed by atoms with Crippen LogP contribution in [0.4, 0.5) is 0 Å². The highest BCUT2D eigenvalue weighted by molar-refractivity contribution is 7.10. The highest BCUT2D eigenvalue weighted by Gasteiger charge is 2.15. The first-order chi connectivity index (χ1) is 12.5. The van der Waals surface area contributed by atoms with E-state index in [1.54, 1.807) is 25.5 Å². The molecule has 1 aromatic heterocycles. The molecule has 2 N–H and O–H groups in total. The number of aryl methyl sites for hydroxylation is 1. The number of nitrogens with one attached hydrogen (secondary N) is 2. The molecule has 1 heterocycles. The topological polar surface area (TPSA) is 48.9 Å². The average molecular weight is 375 g/mol. The van der Waals surface area contributed by atoms with E-state index >= 15 is 0 Å². The third kappa shape index (κ3) is 5.75. The van der Waals surface area contributed by atoms with Crippen LogP contribution in [0.1, 0.15) is 22.0 Å². The van der Waals surface area contributed by atoms with Gasteiger partial charge in [-0.05, 0) is 50.5 Å². The van der Waals surface area contributed by atoms with E-state index in [4.69, 9.17) is 4.74 Å². The van der Waals surface area contributed by atoms with Gasteiger partial charge in [0, 0.05) is 25.0 Å². The zero-order valence-electron chi connectivity index (χ0n) is 16.4. The molecule has 0 saturated carbocycles. The summed E-state index contributed by atoms with van der Waals surface area (Å²) in [5.74, 6) is 1.76. The van der Waals surface area contributed by atoms with Crippen molar-refractivity contribution in [2.24, 2.45) is 4.99 Å². The van der Waals surface area contributed by atoms with Gasteiger partial charge in [-0.3, -0.25) is 4.99 Å². The molecule has 2 aromatic rings. The highest BCUT2D eigenvalue weighted by Crippen LogP contribution is 2.22. The number of methoxy groups -OCH3 is 1. The van der Waals surface area contributed by atoms with E-state index in [1.807, 2.05) is 6.07 Å². The lowest BCUT2D eigenvalue weighted by Gasteiger charge is -2.24. The van der Waals surface area contributed by atoms with E-state index in [0.717, 1.165) is 31.2 Å². The van der Waals surface area contributed by atoms with E-state index in [2.05, 4.69) is 71.2 Å². The van der Waals surface area contributed by atoms with Crippen molar-refractivity contribution in [3.05, 3.63) is 51.7 Å². The first-order valence-corrected chi connectivity index (χ1v) is 9.71. The van der Waals surface area contributed by atoms with E-state index in [-0.39, 0.29) is 0 Å². The summed E-state index contributed by atoms with van der Waals surface area (Å²) in [6.07, 6.45) is 0.883. The Bertz CT molecular complexity index is 698. The van der Waals surface area contributed by atoms with Gasteiger partial charge in [-0.2, -0.15) is 0 Å². The van der Waals surface area contributed by atoms with Gasteiger partial charge in [0.2, 0.25) is 0 Å². The number of rotatable bonds is 8. The van der Waals surface area contributed by atoms with Crippen LogP contribution >= 0.6 is 11.3 Å². The number of likely N-dealkylation sites (N-methyl/N-ethyl adjacent to an activating group) is 1. The molecule has 2 rings (SSSR count). The minimum absolute atomic E-state index is 0.324. The molecule has 0 aliphatic carbocycles. The van der Waals surface area contributed by atoms with E-state index in [9.17, 15) is 0 Å². The Labute approximate surface area is 161 Å². The summed E-state index contributed by atoms with van der Waals surface area (Å²) >= 11 is 1.78. The van der Waals surface area contributed by atoms with Gasteiger partial charge in [-0.25, -0.2) is 0 Å². The normalized spacial score (nSPS) is 12.9. The van der Waals surface area contributed by atoms with Crippen molar-refractivity contribution in [3.63, 3.8) is 0 Å². The molecule has 0 aliphatic rings. The number of hydrogen-bond donors (Lipinski definition) is 2. The molecule has 1 unspecified atom stereocenters. The second-order valence-corrected chi connectivity index (χ2v) is 7.42. The number of nitrogens with zero attached hydrogens (tertiary/aromatic N) is 2. The van der Waals surface area contributed by atoms with Crippen molar-refractivity contribution in [2.45, 2.75) is 19.4 Å². The fraction of sp³-hybridized carbons (Fsp3) is 0.450. The van der Waals surface area contributed by atoms with Crippen LogP contribution in [0.15, 0.2) is 40.7 Å². The van der Waals surface area contributed by atoms with Crippen LogP contribution in [0.25, 0.3) is 0 Å². The van der Waals surface area contributed by atoms with Crippen molar-refractivity contribution in [2.75, 3.05) is 41.3 Å². The van der Waals surface area contributed by atoms with Gasteiger partial charge in [0.05, 0.1) is 13.2 Å². The largest absolute Gasteiger partial charge is 0.496 e. The van der Waals surface area contributed by atoms with Crippen LogP contribution in [0.2, 0.25) is 0 Å². The summed E-state index contributed by atoms with van der Waals surface area (Å²) < 4.78 is 5.45. The highest BCUT2D eigenvalue weighted by atomic mass is 32.1. The molecule has 1 atom stereocenters. The molecule has 0 spiro atoms. The summed E-state index contributed by atoms with van der Waals surface area (Å²) in [5.41, 5.74) is 2.45. The number of ether oxygens (including phenoxy) is 1. The van der Waals surface area contributed by atoms with Crippen LogP contribution in [0.5, 0.6) is 5.75 Å². The predicted molar refractivity (Wildman–Crippen MR) is 112 cm³/mol. The number of thiophene rings is 1. The first-order valence-electron chi connectivity index (χ1n) is 8.83. The molecule has 0 aliphatic heterocycles. The molecule has 0 saturated heterocycles. The lowest BCUT2D eigenvalue weighted by molar-refractivity contribution is 0.302. The third-order valence-electron chi connectivity index (χ3n) is 4.30. The van der Waals surface area contributed by atoms with Crippen LogP contribution in [-0.4, -0.2) is 52.2 Å². The van der Waals surface area contributed by atoms with Crippen molar-refractivity contribution < 1.29 is 4.74 Å². The number of aliphatic imine (C=N–C) groups is 1. The van der Waals surface area contributed by atoms with E-state index < -0.39 is 0 Å². The molecule has 5 nitrogen and oxygen atoms in total. The molecule has 0 bridgehead atoms. The Hall–Kier alpha value is -2.05. The van der Waals surface area contributed by atoms with Gasteiger partial charge in [0.15, 0.2) is 5.96 Å². The fourth-order valence-electron chi connectivity index (χ4n) is 2.85. The van der Waals surface area contributed by atoms with Gasteiger partial charge in [0.1, 0.15) is 5.75 Å². The third-order valence-corrected chi connectivity index (χ3v) is 5.28. The second kappa shape index (κ2) is 10.2. The Balaban J connectivity index is 1.87. The van der Waals surface area contributed by atoms with Crippen molar-refractivity contribution in [3.8, 4) is 5.75 Å². The van der Waals surface area contributed by atoms with Crippen LogP contribution in [0, 0.1) is 6.92 Å². The smallest absolute Gasteiger partial charge is 0.191 e. The molecule has 0 radical (unpaired) electrons. The van der Waals surface area contributed by atoms with E-state index in [1.165, 1.54) is 16.0 Å². The SMILES string of the molecule is CN=C(NCCc1cc(C)ccc1OC)NCC(c1cccs1)N(C)C. The zero-order chi connectivity index (χ0) is 18.9. The summed E-state index contributed by atoms with van der Waals surface area (Å²) in [4.78, 5) is 7.92.